The van der Waals surface area contributed by atoms with Crippen LogP contribution in [0.15, 0.2) is 18.6 Å². The van der Waals surface area contributed by atoms with E-state index >= 15 is 0 Å². The summed E-state index contributed by atoms with van der Waals surface area (Å²) in [6, 6.07) is 1.78. The molecule has 0 spiro atoms. The van der Waals surface area contributed by atoms with Crippen molar-refractivity contribution in [2.75, 3.05) is 12.3 Å². The maximum Gasteiger partial charge on any atom is 0.244 e. The number of aromatic nitrogens is 3. The number of nitrogen functional groups attached to an aromatic ring is 1. The number of fused-ring (bicyclic) bond motifs is 1. The molecule has 0 bridgehead atoms. The number of hydrogen-bond acceptors (Lipinski definition) is 5. The van der Waals surface area contributed by atoms with E-state index in [0.717, 1.165) is 5.52 Å². The molecule has 1 fully saturated rings. The fourth-order valence-electron chi connectivity index (χ4n) is 2.56. The zero-order valence-electron chi connectivity index (χ0n) is 10.6. The van der Waals surface area contributed by atoms with Crippen molar-refractivity contribution >= 4 is 16.9 Å². The van der Waals surface area contributed by atoms with Gasteiger partial charge in [0.25, 0.3) is 0 Å². The number of imidazole rings is 1. The smallest absolute Gasteiger partial charge is 0.244 e. The van der Waals surface area contributed by atoms with E-state index in [-0.39, 0.29) is 6.61 Å². The van der Waals surface area contributed by atoms with E-state index in [4.69, 9.17) is 16.9 Å². The highest BCUT2D eigenvalue weighted by Gasteiger charge is 2.46. The predicted octanol–water partition coefficient (Wildman–Crippen LogP) is -1.07. The van der Waals surface area contributed by atoms with Gasteiger partial charge in [0.05, 0.1) is 6.61 Å². The third kappa shape index (κ3) is 1.74. The number of anilines is 1. The van der Waals surface area contributed by atoms with Gasteiger partial charge in [-0.15, -0.1) is 6.42 Å². The molecule has 1 aliphatic heterocycles. The third-order valence-corrected chi connectivity index (χ3v) is 3.60. The lowest BCUT2D eigenvalue weighted by molar-refractivity contribution is -0.741. The van der Waals surface area contributed by atoms with E-state index in [9.17, 15) is 10.2 Å². The number of H-pyrrole nitrogens is 1. The quantitative estimate of drug-likeness (QED) is 0.412. The molecule has 2 aromatic heterocycles. The molecule has 0 aromatic carbocycles. The molecular weight excluding hydrogens is 260 g/mol. The Bertz CT molecular complexity index is 678. The molecule has 104 valence electrons. The van der Waals surface area contributed by atoms with Crippen LogP contribution < -0.4 is 10.3 Å². The number of nitrogens with one attached hydrogen (secondary N) is 1. The number of nitrogens with two attached hydrogens (primary N) is 1. The molecule has 0 radical (unpaired) electrons. The van der Waals surface area contributed by atoms with Crippen molar-refractivity contribution in [3.8, 4) is 12.3 Å². The summed E-state index contributed by atoms with van der Waals surface area (Å²) >= 11 is 0. The van der Waals surface area contributed by atoms with Gasteiger partial charge in [0.2, 0.25) is 18.1 Å². The van der Waals surface area contributed by atoms with Crippen molar-refractivity contribution in [3.05, 3.63) is 18.6 Å². The van der Waals surface area contributed by atoms with Crippen molar-refractivity contribution in [1.82, 2.24) is 9.97 Å². The lowest BCUT2D eigenvalue weighted by atomic mass is 10.0. The maximum absolute atomic E-state index is 10.1. The Morgan fingerprint density at radius 1 is 1.60 bits per heavy atom. The second-order valence-electron chi connectivity index (χ2n) is 4.70. The van der Waals surface area contributed by atoms with Crippen LogP contribution in [0.4, 0.5) is 5.82 Å². The highest BCUT2D eigenvalue weighted by Crippen LogP contribution is 2.31. The molecule has 0 amide bonds. The predicted molar refractivity (Wildman–Crippen MR) is 70.0 cm³/mol. The molecule has 7 nitrogen and oxygen atoms in total. The number of pyridine rings is 1. The van der Waals surface area contributed by atoms with Crippen LogP contribution in [0, 0.1) is 18.3 Å². The number of aliphatic hydroxyl groups excluding tert-OH is 2. The summed E-state index contributed by atoms with van der Waals surface area (Å²) in [5, 5.41) is 19.3. The number of hydrogen-bond donors (Lipinski definition) is 4. The second kappa shape index (κ2) is 4.76. The third-order valence-electron chi connectivity index (χ3n) is 3.60. The van der Waals surface area contributed by atoms with Gasteiger partial charge in [-0.3, -0.25) is 0 Å². The normalized spacial score (nSPS) is 29.6. The molecular formula is C13H15N4O3+. The van der Waals surface area contributed by atoms with Crippen LogP contribution in [0.25, 0.3) is 11.0 Å². The lowest BCUT2D eigenvalue weighted by Crippen LogP contribution is -2.42. The Kier molecular flexibility index (Phi) is 3.06. The first-order valence-corrected chi connectivity index (χ1v) is 6.20. The Morgan fingerprint density at radius 2 is 2.40 bits per heavy atom. The lowest BCUT2D eigenvalue weighted by Gasteiger charge is -2.11. The highest BCUT2D eigenvalue weighted by molar-refractivity contribution is 5.81. The first-order valence-electron chi connectivity index (χ1n) is 6.20. The van der Waals surface area contributed by atoms with Crippen molar-refractivity contribution < 1.29 is 19.5 Å². The minimum atomic E-state index is -0.911. The molecule has 0 saturated carbocycles. The van der Waals surface area contributed by atoms with Crippen LogP contribution in [0.1, 0.15) is 6.23 Å². The summed E-state index contributed by atoms with van der Waals surface area (Å²) in [5.41, 5.74) is 7.24. The molecule has 20 heavy (non-hydrogen) atoms. The van der Waals surface area contributed by atoms with Gasteiger partial charge < -0.3 is 20.7 Å². The number of rotatable bonds is 2. The first kappa shape index (κ1) is 12.9. The van der Waals surface area contributed by atoms with Gasteiger partial charge in [-0.2, -0.15) is 0 Å². The van der Waals surface area contributed by atoms with Crippen molar-refractivity contribution in [3.63, 3.8) is 0 Å². The molecule has 5 N–H and O–H groups in total. The highest BCUT2D eigenvalue weighted by atomic mass is 16.5. The average Bonchev–Trinajstić information content (AvgIpc) is 3.00. The van der Waals surface area contributed by atoms with Gasteiger partial charge in [0.15, 0.2) is 11.3 Å². The summed E-state index contributed by atoms with van der Waals surface area (Å²) < 4.78 is 7.42. The van der Waals surface area contributed by atoms with Crippen molar-refractivity contribution in [2.45, 2.75) is 18.4 Å². The number of nitrogens with zero attached hydrogens (tertiary/aromatic N) is 2. The average molecular weight is 275 g/mol. The van der Waals surface area contributed by atoms with Gasteiger partial charge in [-0.25, -0.2) is 14.5 Å². The maximum atomic E-state index is 10.1. The molecule has 3 heterocycles. The van der Waals surface area contributed by atoms with E-state index in [1.54, 1.807) is 23.2 Å². The van der Waals surface area contributed by atoms with Crippen LogP contribution in [-0.2, 0) is 4.74 Å². The number of terminal acetylenes is 1. The Morgan fingerprint density at radius 3 is 3.10 bits per heavy atom. The van der Waals surface area contributed by atoms with Crippen LogP contribution in [0.5, 0.6) is 0 Å². The Labute approximate surface area is 115 Å². The van der Waals surface area contributed by atoms with E-state index in [0.29, 0.717) is 11.3 Å². The molecule has 4 unspecified atom stereocenters. The zero-order chi connectivity index (χ0) is 14.3. The van der Waals surface area contributed by atoms with E-state index < -0.39 is 24.4 Å². The molecule has 7 heteroatoms. The van der Waals surface area contributed by atoms with Crippen molar-refractivity contribution in [1.29, 1.82) is 0 Å². The second-order valence-corrected chi connectivity index (χ2v) is 4.70. The standard InChI is InChI=1S/C13H14N4O3/c1-2-7-11(19)9(5-18)20-13(7)17-6-16-10-8(17)3-4-15-12(10)14/h1,3-4,6-7,9,11,13,18-19H,5H2,(H2,14,15)/p+1. The number of ether oxygens (including phenoxy) is 1. The topological polar surface area (TPSA) is 108 Å². The number of aromatic amines is 1. The minimum Gasteiger partial charge on any atom is -0.394 e. The summed E-state index contributed by atoms with van der Waals surface area (Å²) in [6.45, 7) is -0.289. The molecule has 2 aromatic rings. The van der Waals surface area contributed by atoms with Crippen LogP contribution in [-0.4, -0.2) is 39.0 Å². The van der Waals surface area contributed by atoms with Crippen molar-refractivity contribution in [2.24, 2.45) is 5.92 Å². The SMILES string of the molecule is C#CC1C(O)C(CO)OC1[n+]1c[nH]c2c(N)nccc21. The van der Waals surface area contributed by atoms with Gasteiger partial charge in [-0.05, 0) is 0 Å². The van der Waals surface area contributed by atoms with Gasteiger partial charge in [0.1, 0.15) is 18.1 Å². The van der Waals surface area contributed by atoms with E-state index in [1.807, 2.05) is 0 Å². The van der Waals surface area contributed by atoms with Crippen LogP contribution >= 0.6 is 0 Å². The molecule has 4 atom stereocenters. The van der Waals surface area contributed by atoms with Gasteiger partial charge in [0, 0.05) is 12.3 Å². The summed E-state index contributed by atoms with van der Waals surface area (Å²) in [7, 11) is 0. The summed E-state index contributed by atoms with van der Waals surface area (Å²) in [6.07, 6.45) is 6.56. The molecule has 1 aliphatic rings. The molecule has 3 rings (SSSR count). The first-order chi connectivity index (χ1) is 9.67. The van der Waals surface area contributed by atoms with Crippen LogP contribution in [0.2, 0.25) is 0 Å². The minimum absolute atomic E-state index is 0.289. The summed E-state index contributed by atoms with van der Waals surface area (Å²) in [5.74, 6) is 2.35. The number of aliphatic hydroxyl groups is 2. The Hall–Kier alpha value is -2.14. The van der Waals surface area contributed by atoms with Crippen LogP contribution in [0.3, 0.4) is 0 Å². The van der Waals surface area contributed by atoms with Gasteiger partial charge >= 0.3 is 0 Å². The monoisotopic (exact) mass is 275 g/mol. The summed E-state index contributed by atoms with van der Waals surface area (Å²) in [4.78, 5) is 7.00. The van der Waals surface area contributed by atoms with Gasteiger partial charge in [-0.1, -0.05) is 5.92 Å². The van der Waals surface area contributed by atoms with E-state index in [2.05, 4.69) is 15.9 Å². The fraction of sp³-hybridized carbons (Fsp3) is 0.385. The largest absolute Gasteiger partial charge is 0.394 e. The fourth-order valence-corrected chi connectivity index (χ4v) is 2.56. The van der Waals surface area contributed by atoms with E-state index in [1.165, 1.54) is 0 Å². The molecule has 0 aliphatic carbocycles. The zero-order valence-corrected chi connectivity index (χ0v) is 10.6. The molecule has 1 saturated heterocycles. The Balaban J connectivity index is 2.07.